The Morgan fingerprint density at radius 3 is 2.54 bits per heavy atom. The Hall–Kier alpha value is -1.59. The van der Waals surface area contributed by atoms with Crippen LogP contribution >= 0.6 is 0 Å². The van der Waals surface area contributed by atoms with Crippen molar-refractivity contribution in [1.29, 1.82) is 0 Å². The van der Waals surface area contributed by atoms with Gasteiger partial charge < -0.3 is 15.8 Å². The summed E-state index contributed by atoms with van der Waals surface area (Å²) in [4.78, 5) is 7.00. The van der Waals surface area contributed by atoms with Crippen LogP contribution in [0.2, 0.25) is 0 Å². The first-order chi connectivity index (χ1) is 11.7. The molecule has 0 spiro atoms. The molecule has 5 nitrogen and oxygen atoms in total. The van der Waals surface area contributed by atoms with Crippen LogP contribution in [0.1, 0.15) is 32.8 Å². The Balaban J connectivity index is 2.52. The average molecular weight is 335 g/mol. The van der Waals surface area contributed by atoms with Crippen LogP contribution < -0.4 is 11.1 Å². The van der Waals surface area contributed by atoms with Gasteiger partial charge in [-0.3, -0.25) is 9.89 Å². The molecular weight excluding hydrogens is 300 g/mol. The summed E-state index contributed by atoms with van der Waals surface area (Å²) >= 11 is 0. The highest BCUT2D eigenvalue weighted by Gasteiger charge is 2.16. The number of nitrogens with two attached hydrogens (primary N) is 1. The van der Waals surface area contributed by atoms with E-state index in [4.69, 9.17) is 10.5 Å². The van der Waals surface area contributed by atoms with Gasteiger partial charge in [0.15, 0.2) is 5.96 Å². The summed E-state index contributed by atoms with van der Waals surface area (Å²) in [5.74, 6) is 0.525. The van der Waals surface area contributed by atoms with Crippen molar-refractivity contribution >= 4 is 5.96 Å². The third-order valence-electron chi connectivity index (χ3n) is 4.09. The van der Waals surface area contributed by atoms with E-state index >= 15 is 0 Å². The van der Waals surface area contributed by atoms with Crippen LogP contribution in [-0.4, -0.2) is 56.3 Å². The molecule has 0 saturated carbocycles. The summed E-state index contributed by atoms with van der Waals surface area (Å²) in [6.07, 6.45) is 1.93. The number of ether oxygens (including phenoxy) is 1. The van der Waals surface area contributed by atoms with E-state index in [0.29, 0.717) is 18.5 Å². The highest BCUT2D eigenvalue weighted by Crippen LogP contribution is 2.09. The Labute approximate surface area is 147 Å². The molecule has 0 aliphatic heterocycles. The number of aliphatic imine (C=N–C) groups is 1. The van der Waals surface area contributed by atoms with Crippen molar-refractivity contribution in [2.24, 2.45) is 10.7 Å². The predicted octanol–water partition coefficient (Wildman–Crippen LogP) is 2.27. The summed E-state index contributed by atoms with van der Waals surface area (Å²) in [6, 6.07) is 11.0. The number of rotatable bonds is 12. The number of nitrogens with zero attached hydrogens (tertiary/aromatic N) is 2. The molecule has 0 heterocycles. The molecule has 0 fully saturated rings. The first-order valence-electron chi connectivity index (χ1n) is 9.10. The van der Waals surface area contributed by atoms with E-state index in [2.05, 4.69) is 59.4 Å². The number of likely N-dealkylation sites (N-methyl/N-ethyl adjacent to an activating group) is 1. The second-order valence-electron chi connectivity index (χ2n) is 5.77. The first kappa shape index (κ1) is 20.5. The minimum atomic E-state index is 0.367. The molecule has 0 amide bonds. The number of hydrogen-bond acceptors (Lipinski definition) is 3. The predicted molar refractivity (Wildman–Crippen MR) is 102 cm³/mol. The van der Waals surface area contributed by atoms with Gasteiger partial charge in [-0.05, 0) is 38.4 Å². The van der Waals surface area contributed by atoms with Crippen molar-refractivity contribution in [3.05, 3.63) is 35.9 Å². The van der Waals surface area contributed by atoms with Crippen LogP contribution in [0.25, 0.3) is 0 Å². The molecule has 136 valence electrons. The van der Waals surface area contributed by atoms with Gasteiger partial charge in [-0.25, -0.2) is 0 Å². The van der Waals surface area contributed by atoms with Crippen molar-refractivity contribution in [2.75, 3.05) is 39.4 Å². The molecule has 0 saturated heterocycles. The lowest BCUT2D eigenvalue weighted by Crippen LogP contribution is -2.40. The molecule has 1 rings (SSSR count). The maximum absolute atomic E-state index is 5.99. The van der Waals surface area contributed by atoms with Crippen LogP contribution in [0.3, 0.4) is 0 Å². The van der Waals surface area contributed by atoms with Gasteiger partial charge in [0.25, 0.3) is 0 Å². The zero-order valence-corrected chi connectivity index (χ0v) is 15.5. The zero-order valence-electron chi connectivity index (χ0n) is 15.5. The van der Waals surface area contributed by atoms with Gasteiger partial charge in [0.05, 0.1) is 6.54 Å². The second kappa shape index (κ2) is 12.8. The number of guanidine groups is 1. The summed E-state index contributed by atoms with van der Waals surface area (Å²) < 4.78 is 5.31. The molecule has 1 aromatic carbocycles. The zero-order chi connectivity index (χ0) is 17.6. The van der Waals surface area contributed by atoms with Crippen molar-refractivity contribution < 1.29 is 4.74 Å². The van der Waals surface area contributed by atoms with Gasteiger partial charge in [-0.2, -0.15) is 0 Å². The van der Waals surface area contributed by atoms with Gasteiger partial charge in [0.2, 0.25) is 0 Å². The SMILES string of the molecule is CCOCCCNC(N)=NCC(Cc1ccccc1)N(CC)CC. The van der Waals surface area contributed by atoms with Crippen LogP contribution in [0, 0.1) is 0 Å². The average Bonchev–Trinajstić information content (AvgIpc) is 2.61. The van der Waals surface area contributed by atoms with E-state index < -0.39 is 0 Å². The van der Waals surface area contributed by atoms with Gasteiger partial charge in [-0.15, -0.1) is 0 Å². The summed E-state index contributed by atoms with van der Waals surface area (Å²) in [7, 11) is 0. The smallest absolute Gasteiger partial charge is 0.188 e. The van der Waals surface area contributed by atoms with Crippen LogP contribution in [-0.2, 0) is 11.2 Å². The number of benzene rings is 1. The molecule has 24 heavy (non-hydrogen) atoms. The highest BCUT2D eigenvalue weighted by atomic mass is 16.5. The molecule has 0 aliphatic rings. The largest absolute Gasteiger partial charge is 0.382 e. The van der Waals surface area contributed by atoms with E-state index in [-0.39, 0.29) is 0 Å². The highest BCUT2D eigenvalue weighted by molar-refractivity contribution is 5.77. The Bertz CT molecular complexity index is 446. The van der Waals surface area contributed by atoms with Crippen LogP contribution in [0.5, 0.6) is 0 Å². The lowest BCUT2D eigenvalue weighted by molar-refractivity contribution is 0.145. The molecule has 0 bridgehead atoms. The molecule has 0 radical (unpaired) electrons. The molecule has 1 unspecified atom stereocenters. The summed E-state index contributed by atoms with van der Waals surface area (Å²) in [5, 5.41) is 3.16. The van der Waals surface area contributed by atoms with Crippen molar-refractivity contribution in [3.8, 4) is 0 Å². The topological polar surface area (TPSA) is 62.9 Å². The van der Waals surface area contributed by atoms with Crippen LogP contribution in [0.15, 0.2) is 35.3 Å². The maximum atomic E-state index is 5.99. The summed E-state index contributed by atoms with van der Waals surface area (Å²) in [5.41, 5.74) is 7.33. The Morgan fingerprint density at radius 2 is 1.92 bits per heavy atom. The minimum Gasteiger partial charge on any atom is -0.382 e. The van der Waals surface area contributed by atoms with Crippen molar-refractivity contribution in [3.63, 3.8) is 0 Å². The fourth-order valence-electron chi connectivity index (χ4n) is 2.73. The monoisotopic (exact) mass is 334 g/mol. The van der Waals surface area contributed by atoms with Gasteiger partial charge in [0, 0.05) is 25.8 Å². The quantitative estimate of drug-likeness (QED) is 0.350. The standard InChI is InChI=1S/C19H34N4O/c1-4-23(5-2)18(15-17-11-8-7-9-12-17)16-22-19(20)21-13-10-14-24-6-3/h7-9,11-12,18H,4-6,10,13-16H2,1-3H3,(H3,20,21,22). The molecule has 0 aliphatic carbocycles. The lowest BCUT2D eigenvalue weighted by Gasteiger charge is -2.28. The van der Waals surface area contributed by atoms with Crippen LogP contribution in [0.4, 0.5) is 0 Å². The first-order valence-corrected chi connectivity index (χ1v) is 9.10. The van der Waals surface area contributed by atoms with E-state index in [1.54, 1.807) is 0 Å². The Morgan fingerprint density at radius 1 is 1.21 bits per heavy atom. The number of nitrogens with one attached hydrogen (secondary N) is 1. The minimum absolute atomic E-state index is 0.367. The van der Waals surface area contributed by atoms with Gasteiger partial charge in [0.1, 0.15) is 0 Å². The molecule has 1 aromatic rings. The van der Waals surface area contributed by atoms with Crippen molar-refractivity contribution in [2.45, 2.75) is 39.7 Å². The van der Waals surface area contributed by atoms with Crippen molar-refractivity contribution in [1.82, 2.24) is 10.2 Å². The molecule has 1 atom stereocenters. The van der Waals surface area contributed by atoms with E-state index in [0.717, 1.165) is 45.7 Å². The Kier molecular flexibility index (Phi) is 10.9. The lowest BCUT2D eigenvalue weighted by atomic mass is 10.0. The normalized spacial score (nSPS) is 13.2. The third kappa shape index (κ3) is 8.31. The summed E-state index contributed by atoms with van der Waals surface area (Å²) in [6.45, 7) is 11.5. The molecular formula is C19H34N4O. The van der Waals surface area contributed by atoms with Gasteiger partial charge >= 0.3 is 0 Å². The molecule has 5 heteroatoms. The molecule has 0 aromatic heterocycles. The molecule has 3 N–H and O–H groups in total. The fraction of sp³-hybridized carbons (Fsp3) is 0.632. The fourth-order valence-corrected chi connectivity index (χ4v) is 2.73. The van der Waals surface area contributed by atoms with E-state index in [1.807, 2.05) is 6.92 Å². The van der Waals surface area contributed by atoms with Gasteiger partial charge in [-0.1, -0.05) is 44.2 Å². The second-order valence-corrected chi connectivity index (χ2v) is 5.77. The van der Waals surface area contributed by atoms with E-state index in [1.165, 1.54) is 5.56 Å². The number of hydrogen-bond donors (Lipinski definition) is 2. The maximum Gasteiger partial charge on any atom is 0.188 e. The third-order valence-corrected chi connectivity index (χ3v) is 4.09. The van der Waals surface area contributed by atoms with E-state index in [9.17, 15) is 0 Å².